The number of thioether (sulfide) groups is 1. The molecule has 3 atom stereocenters. The van der Waals surface area contributed by atoms with Crippen molar-refractivity contribution in [1.29, 1.82) is 0 Å². The van der Waals surface area contributed by atoms with Crippen LogP contribution in [0, 0.1) is 12.8 Å². The molecule has 1 saturated heterocycles. The number of carbonyl (C=O) groups is 2. The Kier molecular flexibility index (Phi) is 6.18. The second-order valence-corrected chi connectivity index (χ2v) is 11.7. The highest BCUT2D eigenvalue weighted by Crippen LogP contribution is 2.53. The molecule has 0 bridgehead atoms. The number of hydrogen-bond donors (Lipinski definition) is 1. The van der Waals surface area contributed by atoms with Crippen LogP contribution < -0.4 is 14.5 Å². The summed E-state index contributed by atoms with van der Waals surface area (Å²) in [5, 5.41) is 0.720. The molecule has 2 amide bonds. The summed E-state index contributed by atoms with van der Waals surface area (Å²) < 4.78 is 5.93. The quantitative estimate of drug-likeness (QED) is 0.320. The van der Waals surface area contributed by atoms with Gasteiger partial charge in [0.05, 0.1) is 16.6 Å². The summed E-state index contributed by atoms with van der Waals surface area (Å²) in [6.45, 7) is 2.35. The topological polar surface area (TPSA) is 79.5 Å². The Morgan fingerprint density at radius 2 is 1.62 bits per heavy atom. The number of aromatic amines is 1. The number of anilines is 1. The molecule has 186 valence electrons. The van der Waals surface area contributed by atoms with E-state index in [-0.39, 0.29) is 16.7 Å². The summed E-state index contributed by atoms with van der Waals surface area (Å²) >= 11 is 8.33. The van der Waals surface area contributed by atoms with E-state index in [1.54, 1.807) is 12.1 Å². The highest BCUT2D eigenvalue weighted by Gasteiger charge is 2.56. The molecule has 3 unspecified atom stereocenters. The molecule has 3 aromatic carbocycles. The molecule has 2 aliphatic rings. The van der Waals surface area contributed by atoms with Gasteiger partial charge in [-0.15, -0.1) is 0 Å². The first kappa shape index (κ1) is 24.0. The molecular weight excluding hydrogens is 528 g/mol. The minimum absolute atomic E-state index is 0.194. The van der Waals surface area contributed by atoms with E-state index in [2.05, 4.69) is 4.98 Å². The molecule has 0 aliphatic carbocycles. The number of benzene rings is 3. The van der Waals surface area contributed by atoms with E-state index in [0.29, 0.717) is 28.1 Å². The third-order valence-electron chi connectivity index (χ3n) is 6.67. The van der Waals surface area contributed by atoms with Crippen LogP contribution in [0.15, 0.2) is 82.6 Å². The molecule has 6 nitrogen and oxygen atoms in total. The van der Waals surface area contributed by atoms with Gasteiger partial charge in [-0.2, -0.15) is 0 Å². The molecular formula is C28H21ClN2O4S2. The van der Waals surface area contributed by atoms with Crippen LogP contribution in [-0.2, 0) is 16.2 Å². The van der Waals surface area contributed by atoms with E-state index in [1.807, 2.05) is 67.6 Å². The van der Waals surface area contributed by atoms with Gasteiger partial charge in [-0.25, -0.2) is 4.90 Å². The molecule has 1 fully saturated rings. The zero-order chi connectivity index (χ0) is 25.7. The van der Waals surface area contributed by atoms with E-state index in [0.717, 1.165) is 32.9 Å². The Balaban J connectivity index is 1.32. The normalized spacial score (nSPS) is 20.6. The van der Waals surface area contributed by atoms with E-state index >= 15 is 0 Å². The molecule has 0 radical (unpaired) electrons. The van der Waals surface area contributed by atoms with Crippen LogP contribution in [0.2, 0.25) is 5.02 Å². The minimum atomic E-state index is -0.614. The first-order valence-electron chi connectivity index (χ1n) is 11.7. The first-order valence-corrected chi connectivity index (χ1v) is 13.8. The van der Waals surface area contributed by atoms with Gasteiger partial charge in [0, 0.05) is 15.8 Å². The van der Waals surface area contributed by atoms with E-state index in [4.69, 9.17) is 16.3 Å². The Bertz CT molecular complexity index is 1550. The molecule has 3 heterocycles. The van der Waals surface area contributed by atoms with Crippen LogP contribution in [0.3, 0.4) is 0 Å². The lowest BCUT2D eigenvalue weighted by Gasteiger charge is -2.29. The first-order chi connectivity index (χ1) is 17.9. The number of amides is 2. The lowest BCUT2D eigenvalue weighted by atomic mass is 9.83. The van der Waals surface area contributed by atoms with Gasteiger partial charge in [0.15, 0.2) is 0 Å². The van der Waals surface area contributed by atoms with Crippen molar-refractivity contribution in [2.45, 2.75) is 29.7 Å². The predicted octanol–water partition coefficient (Wildman–Crippen LogP) is 5.77. The third kappa shape index (κ3) is 4.39. The van der Waals surface area contributed by atoms with Gasteiger partial charge in [-0.3, -0.25) is 14.4 Å². The second kappa shape index (κ2) is 9.52. The number of aryl methyl sites for hydroxylation is 1. The smallest absolute Gasteiger partial charge is 0.305 e. The number of nitrogens with zero attached hydrogens (tertiary/aromatic N) is 1. The maximum atomic E-state index is 13.8. The Morgan fingerprint density at radius 1 is 0.919 bits per heavy atom. The second-order valence-electron chi connectivity index (χ2n) is 9.08. The fourth-order valence-electron chi connectivity index (χ4n) is 4.84. The maximum Gasteiger partial charge on any atom is 0.305 e. The molecule has 37 heavy (non-hydrogen) atoms. The summed E-state index contributed by atoms with van der Waals surface area (Å²) in [5.74, 6) is -0.848. The largest absolute Gasteiger partial charge is 0.489 e. The number of ether oxygens (including phenoxy) is 1. The lowest BCUT2D eigenvalue weighted by Crippen LogP contribution is -2.32. The highest BCUT2D eigenvalue weighted by atomic mass is 35.5. The summed E-state index contributed by atoms with van der Waals surface area (Å²) in [5.41, 5.74) is 3.47. The van der Waals surface area contributed by atoms with Gasteiger partial charge in [-0.1, -0.05) is 76.7 Å². The molecule has 2 aliphatic heterocycles. The number of fused-ring (bicyclic) bond motifs is 2. The number of aromatic nitrogens is 1. The zero-order valence-electron chi connectivity index (χ0n) is 19.6. The van der Waals surface area contributed by atoms with Gasteiger partial charge in [-0.05, 0) is 54.4 Å². The van der Waals surface area contributed by atoms with Gasteiger partial charge >= 0.3 is 4.87 Å². The van der Waals surface area contributed by atoms with Crippen LogP contribution in [0.4, 0.5) is 5.69 Å². The summed E-state index contributed by atoms with van der Waals surface area (Å²) in [4.78, 5) is 44.3. The number of thiazole rings is 1. The average Bonchev–Trinajstić information content (AvgIpc) is 3.39. The van der Waals surface area contributed by atoms with Gasteiger partial charge in [0.25, 0.3) is 0 Å². The number of imide groups is 1. The molecule has 6 rings (SSSR count). The molecule has 4 aromatic rings. The van der Waals surface area contributed by atoms with E-state index < -0.39 is 17.1 Å². The summed E-state index contributed by atoms with van der Waals surface area (Å²) in [6.07, 6.45) is 0. The van der Waals surface area contributed by atoms with E-state index in [9.17, 15) is 14.4 Å². The molecule has 9 heteroatoms. The SMILES string of the molecule is Cc1ccc(N2C(=O)C3Sc4[nH]c(=O)sc4C(c4ccc(OCc5ccc(Cl)cc5)cc4)C3C2=O)cc1. The van der Waals surface area contributed by atoms with Crippen LogP contribution >= 0.6 is 34.7 Å². The standard InChI is InChI=1S/C28H21ClN2O4S2/c1-15-2-10-19(11-3-15)31-26(32)22-21(23-25(30-28(34)37-23)36-24(22)27(31)33)17-6-12-20(13-7-17)35-14-16-4-8-18(29)9-5-16/h2-13,21-22,24H,14H2,1H3,(H,30,34). The molecule has 1 aromatic heterocycles. The number of halogens is 1. The lowest BCUT2D eigenvalue weighted by molar-refractivity contribution is -0.122. The number of carbonyl (C=O) groups excluding carboxylic acids is 2. The number of hydrogen-bond acceptors (Lipinski definition) is 6. The summed E-state index contributed by atoms with van der Waals surface area (Å²) in [7, 11) is 0. The van der Waals surface area contributed by atoms with Crippen LogP contribution in [-0.4, -0.2) is 22.0 Å². The zero-order valence-corrected chi connectivity index (χ0v) is 22.0. The van der Waals surface area contributed by atoms with E-state index in [1.165, 1.54) is 16.7 Å². The Labute approximate surface area is 226 Å². The predicted molar refractivity (Wildman–Crippen MR) is 146 cm³/mol. The van der Waals surface area contributed by atoms with Crippen LogP contribution in [0.1, 0.15) is 27.5 Å². The Morgan fingerprint density at radius 3 is 2.32 bits per heavy atom. The van der Waals surface area contributed by atoms with Crippen molar-refractivity contribution >= 4 is 52.2 Å². The monoisotopic (exact) mass is 548 g/mol. The van der Waals surface area contributed by atoms with Crippen molar-refractivity contribution in [3.8, 4) is 5.75 Å². The average molecular weight is 549 g/mol. The highest BCUT2D eigenvalue weighted by molar-refractivity contribution is 8.00. The van der Waals surface area contributed by atoms with Gasteiger partial charge in [0.1, 0.15) is 17.6 Å². The van der Waals surface area contributed by atoms with Crippen LogP contribution in [0.25, 0.3) is 0 Å². The Hall–Kier alpha value is -3.33. The van der Waals surface area contributed by atoms with Crippen molar-refractivity contribution in [1.82, 2.24) is 4.98 Å². The van der Waals surface area contributed by atoms with Crippen molar-refractivity contribution in [2.75, 3.05) is 4.90 Å². The fraction of sp³-hybridized carbons (Fsp3) is 0.179. The van der Waals surface area contributed by atoms with Gasteiger partial charge < -0.3 is 9.72 Å². The molecule has 0 spiro atoms. The summed E-state index contributed by atoms with van der Waals surface area (Å²) in [6, 6.07) is 22.4. The van der Waals surface area contributed by atoms with Crippen molar-refractivity contribution in [2.24, 2.45) is 5.92 Å². The van der Waals surface area contributed by atoms with Crippen molar-refractivity contribution in [3.63, 3.8) is 0 Å². The fourth-order valence-corrected chi connectivity index (χ4v) is 7.48. The van der Waals surface area contributed by atoms with Crippen LogP contribution in [0.5, 0.6) is 5.75 Å². The number of H-pyrrole nitrogens is 1. The maximum absolute atomic E-state index is 13.8. The minimum Gasteiger partial charge on any atom is -0.489 e. The van der Waals surface area contributed by atoms with Crippen molar-refractivity contribution < 1.29 is 14.3 Å². The van der Waals surface area contributed by atoms with Crippen molar-refractivity contribution in [3.05, 3.63) is 109 Å². The number of nitrogens with one attached hydrogen (secondary N) is 1. The number of rotatable bonds is 5. The molecule has 0 saturated carbocycles. The third-order valence-corrected chi connectivity index (χ3v) is 9.33. The van der Waals surface area contributed by atoms with Gasteiger partial charge in [0.2, 0.25) is 11.8 Å². The molecule has 1 N–H and O–H groups in total.